The Hall–Kier alpha value is -1.16. The molecule has 0 atom stereocenters. The summed E-state index contributed by atoms with van der Waals surface area (Å²) in [6.45, 7) is 8.80. The minimum atomic E-state index is 0.177. The fourth-order valence-corrected chi connectivity index (χ4v) is 3.49. The number of benzene rings is 1. The molecule has 0 unspecified atom stereocenters. The minimum absolute atomic E-state index is 0.177. The van der Waals surface area contributed by atoms with Crippen molar-refractivity contribution in [1.29, 1.82) is 5.41 Å². The Bertz CT molecular complexity index is 482. The van der Waals surface area contributed by atoms with Crippen molar-refractivity contribution in [3.8, 4) is 0 Å². The van der Waals surface area contributed by atoms with Gasteiger partial charge in [-0.1, -0.05) is 26.8 Å². The van der Waals surface area contributed by atoms with Crippen molar-refractivity contribution in [3.05, 3.63) is 23.8 Å². The second kappa shape index (κ2) is 5.45. The van der Waals surface area contributed by atoms with Crippen molar-refractivity contribution < 1.29 is 0 Å². The van der Waals surface area contributed by atoms with Gasteiger partial charge in [-0.25, -0.2) is 0 Å². The van der Waals surface area contributed by atoms with Crippen LogP contribution in [0.25, 0.3) is 0 Å². The van der Waals surface area contributed by atoms with Gasteiger partial charge in [0.25, 0.3) is 0 Å². The zero-order chi connectivity index (χ0) is 14.0. The zero-order valence-corrected chi connectivity index (χ0v) is 12.8. The third kappa shape index (κ3) is 3.06. The molecule has 1 heterocycles. The maximum atomic E-state index is 7.90. The molecule has 0 radical (unpaired) electrons. The van der Waals surface area contributed by atoms with Gasteiger partial charge in [0.05, 0.1) is 5.56 Å². The molecule has 0 spiro atoms. The summed E-state index contributed by atoms with van der Waals surface area (Å²) in [4.78, 5) is 3.49. The highest BCUT2D eigenvalue weighted by molar-refractivity contribution is 7.99. The third-order valence-corrected chi connectivity index (χ3v) is 4.53. The van der Waals surface area contributed by atoms with Crippen molar-refractivity contribution in [3.63, 3.8) is 0 Å². The average molecular weight is 277 g/mol. The molecule has 1 aliphatic heterocycles. The van der Waals surface area contributed by atoms with Gasteiger partial charge in [0.15, 0.2) is 0 Å². The minimum Gasteiger partial charge on any atom is -0.384 e. The normalized spacial score (nSPS) is 17.7. The number of amidine groups is 1. The Morgan fingerprint density at radius 3 is 2.74 bits per heavy atom. The van der Waals surface area contributed by atoms with Crippen LogP contribution in [0.15, 0.2) is 23.1 Å². The van der Waals surface area contributed by atoms with Crippen LogP contribution in [-0.4, -0.2) is 24.7 Å². The van der Waals surface area contributed by atoms with Crippen LogP contribution in [0, 0.1) is 10.8 Å². The number of nitrogens with two attached hydrogens (primary N) is 1. The average Bonchev–Trinajstić information content (AvgIpc) is 2.69. The van der Waals surface area contributed by atoms with Crippen molar-refractivity contribution in [1.82, 2.24) is 0 Å². The van der Waals surface area contributed by atoms with Gasteiger partial charge in [-0.2, -0.15) is 0 Å². The van der Waals surface area contributed by atoms with Crippen molar-refractivity contribution >= 4 is 23.3 Å². The Labute approximate surface area is 120 Å². The van der Waals surface area contributed by atoms with Crippen LogP contribution in [-0.2, 0) is 0 Å². The molecular formula is C15H23N3S. The lowest BCUT2D eigenvalue weighted by molar-refractivity contribution is 0.418. The predicted molar refractivity (Wildman–Crippen MR) is 84.5 cm³/mol. The number of thioether (sulfide) groups is 1. The molecule has 0 saturated carbocycles. The lowest BCUT2D eigenvalue weighted by Crippen LogP contribution is -2.26. The van der Waals surface area contributed by atoms with Gasteiger partial charge in [-0.05, 0) is 29.7 Å². The fourth-order valence-electron chi connectivity index (χ4n) is 2.65. The number of anilines is 1. The van der Waals surface area contributed by atoms with Gasteiger partial charge in [-0.15, -0.1) is 11.8 Å². The fraction of sp³-hybridized carbons (Fsp3) is 0.533. The summed E-state index contributed by atoms with van der Waals surface area (Å²) in [6.07, 6.45) is 1.19. The van der Waals surface area contributed by atoms with Gasteiger partial charge in [0.2, 0.25) is 0 Å². The molecule has 104 valence electrons. The quantitative estimate of drug-likeness (QED) is 0.504. The van der Waals surface area contributed by atoms with E-state index in [4.69, 9.17) is 11.1 Å². The van der Waals surface area contributed by atoms with E-state index >= 15 is 0 Å². The number of hydrogen-bond donors (Lipinski definition) is 2. The summed E-state index contributed by atoms with van der Waals surface area (Å²) in [5.41, 5.74) is 8.20. The molecule has 19 heavy (non-hydrogen) atoms. The summed E-state index contributed by atoms with van der Waals surface area (Å²) in [6, 6.07) is 6.23. The molecule has 0 aliphatic carbocycles. The Morgan fingerprint density at radius 1 is 1.47 bits per heavy atom. The van der Waals surface area contributed by atoms with Gasteiger partial charge < -0.3 is 10.6 Å². The number of nitrogens with one attached hydrogen (secondary N) is 1. The van der Waals surface area contributed by atoms with Gasteiger partial charge in [0, 0.05) is 23.7 Å². The lowest BCUT2D eigenvalue weighted by atomic mass is 9.93. The van der Waals surface area contributed by atoms with E-state index in [1.807, 2.05) is 0 Å². The molecule has 1 fully saturated rings. The number of nitrogen functional groups attached to an aromatic ring is 1. The third-order valence-electron chi connectivity index (χ3n) is 3.59. The molecule has 3 nitrogen and oxygen atoms in total. The topological polar surface area (TPSA) is 53.1 Å². The van der Waals surface area contributed by atoms with Crippen molar-refractivity contribution in [2.24, 2.45) is 11.1 Å². The van der Waals surface area contributed by atoms with Crippen LogP contribution in [0.2, 0.25) is 0 Å². The zero-order valence-electron chi connectivity index (χ0n) is 12.0. The number of nitrogens with zero attached hydrogens (tertiary/aromatic N) is 1. The van der Waals surface area contributed by atoms with Crippen LogP contribution in [0.1, 0.15) is 32.8 Å². The largest absolute Gasteiger partial charge is 0.384 e. The molecule has 0 bridgehead atoms. The van der Waals surface area contributed by atoms with Crippen LogP contribution in [0.5, 0.6) is 0 Å². The summed E-state index contributed by atoms with van der Waals surface area (Å²) >= 11 is 1.76. The summed E-state index contributed by atoms with van der Waals surface area (Å²) in [7, 11) is 0. The molecular weight excluding hydrogens is 254 g/mol. The van der Waals surface area contributed by atoms with E-state index in [2.05, 4.69) is 43.9 Å². The van der Waals surface area contributed by atoms with Crippen LogP contribution in [0.3, 0.4) is 0 Å². The lowest BCUT2D eigenvalue weighted by Gasteiger charge is -2.25. The molecule has 4 heteroatoms. The first-order valence-corrected chi connectivity index (χ1v) is 7.78. The highest BCUT2D eigenvalue weighted by Crippen LogP contribution is 2.37. The van der Waals surface area contributed by atoms with E-state index in [1.54, 1.807) is 11.8 Å². The molecule has 1 aromatic carbocycles. The Balaban J connectivity index is 2.40. The van der Waals surface area contributed by atoms with Gasteiger partial charge in [-0.3, -0.25) is 5.41 Å². The molecule has 2 rings (SSSR count). The van der Waals surface area contributed by atoms with Gasteiger partial charge >= 0.3 is 0 Å². The van der Waals surface area contributed by atoms with Crippen molar-refractivity contribution in [2.75, 3.05) is 23.7 Å². The van der Waals surface area contributed by atoms with Gasteiger partial charge in [0.1, 0.15) is 5.84 Å². The second-order valence-corrected chi connectivity index (χ2v) is 7.14. The highest BCUT2D eigenvalue weighted by atomic mass is 32.2. The summed E-state index contributed by atoms with van der Waals surface area (Å²) < 4.78 is 0. The smallest absolute Gasteiger partial charge is 0.126 e. The Morgan fingerprint density at radius 2 is 2.21 bits per heavy atom. The maximum Gasteiger partial charge on any atom is 0.126 e. The highest BCUT2D eigenvalue weighted by Gasteiger charge is 2.31. The SMILES string of the molecule is CCSc1cccc(N2CCC(C)(C)C2)c1C(=N)N. The first-order valence-electron chi connectivity index (χ1n) is 6.80. The predicted octanol–water partition coefficient (Wildman–Crippen LogP) is 3.32. The van der Waals surface area contributed by atoms with Crippen LogP contribution < -0.4 is 10.6 Å². The first-order chi connectivity index (χ1) is 8.94. The van der Waals surface area contributed by atoms with E-state index in [1.165, 1.54) is 6.42 Å². The molecule has 1 aromatic rings. The number of rotatable bonds is 4. The molecule has 1 saturated heterocycles. The standard InChI is InChI=1S/C15H23N3S/c1-4-19-12-7-5-6-11(13(12)14(16)17)18-9-8-15(2,3)10-18/h5-7H,4,8-10H2,1-3H3,(H3,16,17). The van der Waals surface area contributed by atoms with E-state index in [-0.39, 0.29) is 5.84 Å². The summed E-state index contributed by atoms with van der Waals surface area (Å²) in [5.74, 6) is 1.17. The van der Waals surface area contributed by atoms with E-state index in [0.29, 0.717) is 5.41 Å². The van der Waals surface area contributed by atoms with Crippen LogP contribution >= 0.6 is 11.8 Å². The number of hydrogen-bond acceptors (Lipinski definition) is 3. The first kappa shape index (κ1) is 14.3. The van der Waals surface area contributed by atoms with E-state index in [0.717, 1.165) is 35.0 Å². The maximum absolute atomic E-state index is 7.90. The van der Waals surface area contributed by atoms with E-state index in [9.17, 15) is 0 Å². The molecule has 3 N–H and O–H groups in total. The Kier molecular flexibility index (Phi) is 4.09. The van der Waals surface area contributed by atoms with E-state index < -0.39 is 0 Å². The second-order valence-electron chi connectivity index (χ2n) is 5.83. The summed E-state index contributed by atoms with van der Waals surface area (Å²) in [5, 5.41) is 7.90. The monoisotopic (exact) mass is 277 g/mol. The van der Waals surface area contributed by atoms with Crippen molar-refractivity contribution in [2.45, 2.75) is 32.1 Å². The molecule has 0 amide bonds. The van der Waals surface area contributed by atoms with Crippen LogP contribution in [0.4, 0.5) is 5.69 Å². The molecule has 1 aliphatic rings. The molecule has 0 aromatic heterocycles.